The number of anilines is 1. The number of ether oxygens (including phenoxy) is 1. The molecule has 1 aromatic carbocycles. The first-order chi connectivity index (χ1) is 10.2. The topological polar surface area (TPSA) is 51.2 Å². The molecular formula is C17H18N2O2. The summed E-state index contributed by atoms with van der Waals surface area (Å²) in [4.78, 5) is 15.6. The second-order valence-corrected chi connectivity index (χ2v) is 5.23. The summed E-state index contributed by atoms with van der Waals surface area (Å²) >= 11 is 0. The number of amides is 1. The van der Waals surface area contributed by atoms with Crippen molar-refractivity contribution in [2.45, 2.75) is 33.1 Å². The molecule has 2 aromatic rings. The van der Waals surface area contributed by atoms with E-state index in [4.69, 9.17) is 4.74 Å². The van der Waals surface area contributed by atoms with Gasteiger partial charge in [-0.25, -0.2) is 4.98 Å². The van der Waals surface area contributed by atoms with Gasteiger partial charge in [0, 0.05) is 18.2 Å². The Morgan fingerprint density at radius 2 is 2.14 bits per heavy atom. The van der Waals surface area contributed by atoms with Crippen molar-refractivity contribution in [1.82, 2.24) is 4.98 Å². The van der Waals surface area contributed by atoms with Crippen molar-refractivity contribution in [3.8, 4) is 11.5 Å². The molecular weight excluding hydrogens is 264 g/mol. The SMILES string of the molecule is CCc1cc(Oc2ccnc3c2CCC(=O)N3)ccc1C. The molecule has 0 unspecified atom stereocenters. The highest BCUT2D eigenvalue weighted by molar-refractivity contribution is 5.93. The lowest BCUT2D eigenvalue weighted by Crippen LogP contribution is -2.20. The number of benzene rings is 1. The molecule has 21 heavy (non-hydrogen) atoms. The Hall–Kier alpha value is -2.36. The molecule has 1 amide bonds. The summed E-state index contributed by atoms with van der Waals surface area (Å²) < 4.78 is 6.02. The zero-order valence-corrected chi connectivity index (χ0v) is 12.3. The first kappa shape index (κ1) is 13.6. The van der Waals surface area contributed by atoms with Gasteiger partial charge >= 0.3 is 0 Å². The van der Waals surface area contributed by atoms with Crippen LogP contribution in [0.5, 0.6) is 11.5 Å². The predicted octanol–water partition coefficient (Wildman–Crippen LogP) is 3.63. The fourth-order valence-electron chi connectivity index (χ4n) is 2.57. The van der Waals surface area contributed by atoms with Crippen LogP contribution in [0.4, 0.5) is 5.82 Å². The lowest BCUT2D eigenvalue weighted by molar-refractivity contribution is -0.116. The van der Waals surface area contributed by atoms with E-state index < -0.39 is 0 Å². The van der Waals surface area contributed by atoms with Gasteiger partial charge in [0.05, 0.1) is 0 Å². The highest BCUT2D eigenvalue weighted by Crippen LogP contribution is 2.33. The van der Waals surface area contributed by atoms with Crippen LogP contribution in [0.2, 0.25) is 0 Å². The standard InChI is InChI=1S/C17H18N2O2/c1-3-12-10-13(5-4-11(12)2)21-15-8-9-18-17-14(15)6-7-16(20)19-17/h4-5,8-10H,3,6-7H2,1-2H3,(H,18,19,20). The minimum Gasteiger partial charge on any atom is -0.457 e. The molecule has 0 bridgehead atoms. The Labute approximate surface area is 124 Å². The van der Waals surface area contributed by atoms with Gasteiger partial charge in [0.2, 0.25) is 5.91 Å². The van der Waals surface area contributed by atoms with Gasteiger partial charge in [-0.05, 0) is 49.1 Å². The summed E-state index contributed by atoms with van der Waals surface area (Å²) in [5.41, 5.74) is 3.52. The molecule has 0 fully saturated rings. The van der Waals surface area contributed by atoms with Gasteiger partial charge < -0.3 is 10.1 Å². The van der Waals surface area contributed by atoms with E-state index in [-0.39, 0.29) is 5.91 Å². The van der Waals surface area contributed by atoms with Crippen LogP contribution in [-0.4, -0.2) is 10.9 Å². The minimum absolute atomic E-state index is 0.00996. The van der Waals surface area contributed by atoms with Gasteiger partial charge in [-0.2, -0.15) is 0 Å². The zero-order chi connectivity index (χ0) is 14.8. The third kappa shape index (κ3) is 2.75. The summed E-state index contributed by atoms with van der Waals surface area (Å²) in [6, 6.07) is 7.97. The average molecular weight is 282 g/mol. The second kappa shape index (κ2) is 5.56. The number of hydrogen-bond donors (Lipinski definition) is 1. The molecule has 1 aliphatic heterocycles. The molecule has 0 saturated heterocycles. The van der Waals surface area contributed by atoms with Gasteiger partial charge in [-0.1, -0.05) is 13.0 Å². The van der Waals surface area contributed by atoms with Crippen LogP contribution in [0.15, 0.2) is 30.5 Å². The molecule has 1 aliphatic rings. The third-order valence-corrected chi connectivity index (χ3v) is 3.80. The number of carbonyl (C=O) groups excluding carboxylic acids is 1. The first-order valence-electron chi connectivity index (χ1n) is 7.22. The molecule has 0 spiro atoms. The van der Waals surface area contributed by atoms with Crippen LogP contribution in [0.25, 0.3) is 0 Å². The lowest BCUT2D eigenvalue weighted by atomic mass is 10.1. The molecule has 0 saturated carbocycles. The van der Waals surface area contributed by atoms with Gasteiger partial charge in [-0.15, -0.1) is 0 Å². The molecule has 108 valence electrons. The lowest BCUT2D eigenvalue weighted by Gasteiger charge is -2.19. The maximum atomic E-state index is 11.4. The summed E-state index contributed by atoms with van der Waals surface area (Å²) in [6.45, 7) is 4.24. The number of nitrogens with one attached hydrogen (secondary N) is 1. The summed E-state index contributed by atoms with van der Waals surface area (Å²) in [7, 11) is 0. The van der Waals surface area contributed by atoms with Crippen LogP contribution in [0, 0.1) is 6.92 Å². The zero-order valence-electron chi connectivity index (χ0n) is 12.3. The second-order valence-electron chi connectivity index (χ2n) is 5.23. The number of aryl methyl sites for hydroxylation is 2. The van der Waals surface area contributed by atoms with Gasteiger partial charge in [0.15, 0.2) is 0 Å². The number of nitrogens with zero attached hydrogens (tertiary/aromatic N) is 1. The van der Waals surface area contributed by atoms with E-state index in [9.17, 15) is 4.79 Å². The number of carbonyl (C=O) groups is 1. The van der Waals surface area contributed by atoms with Crippen LogP contribution in [-0.2, 0) is 17.6 Å². The van der Waals surface area contributed by atoms with Crippen LogP contribution < -0.4 is 10.1 Å². The van der Waals surface area contributed by atoms with Crippen molar-refractivity contribution >= 4 is 11.7 Å². The molecule has 0 aliphatic carbocycles. The molecule has 3 rings (SSSR count). The normalized spacial score (nSPS) is 13.5. The van der Waals surface area contributed by atoms with E-state index in [0.29, 0.717) is 18.7 Å². The third-order valence-electron chi connectivity index (χ3n) is 3.80. The highest BCUT2D eigenvalue weighted by atomic mass is 16.5. The van der Waals surface area contributed by atoms with Crippen molar-refractivity contribution in [3.63, 3.8) is 0 Å². The maximum absolute atomic E-state index is 11.4. The summed E-state index contributed by atoms with van der Waals surface area (Å²) in [5.74, 6) is 2.22. The number of hydrogen-bond acceptors (Lipinski definition) is 3. The monoisotopic (exact) mass is 282 g/mol. The van der Waals surface area contributed by atoms with Gasteiger partial charge in [0.25, 0.3) is 0 Å². The van der Waals surface area contributed by atoms with Crippen LogP contribution >= 0.6 is 0 Å². The Morgan fingerprint density at radius 1 is 1.29 bits per heavy atom. The first-order valence-corrected chi connectivity index (χ1v) is 7.22. The summed E-state index contributed by atoms with van der Waals surface area (Å²) in [6.07, 6.45) is 3.78. The van der Waals surface area contributed by atoms with E-state index in [2.05, 4.69) is 36.3 Å². The average Bonchev–Trinajstić information content (AvgIpc) is 2.49. The van der Waals surface area contributed by atoms with Crippen molar-refractivity contribution in [1.29, 1.82) is 0 Å². The van der Waals surface area contributed by atoms with Crippen LogP contribution in [0.3, 0.4) is 0 Å². The fourth-order valence-corrected chi connectivity index (χ4v) is 2.57. The molecule has 4 heteroatoms. The molecule has 0 atom stereocenters. The summed E-state index contributed by atoms with van der Waals surface area (Å²) in [5, 5.41) is 2.79. The van der Waals surface area contributed by atoms with Crippen molar-refractivity contribution < 1.29 is 9.53 Å². The molecule has 4 nitrogen and oxygen atoms in total. The number of rotatable bonds is 3. The Morgan fingerprint density at radius 3 is 2.95 bits per heavy atom. The molecule has 1 N–H and O–H groups in total. The molecule has 2 heterocycles. The van der Waals surface area contributed by atoms with Crippen molar-refractivity contribution in [2.75, 3.05) is 5.32 Å². The van der Waals surface area contributed by atoms with Crippen LogP contribution in [0.1, 0.15) is 30.0 Å². The number of pyridine rings is 1. The molecule has 1 aromatic heterocycles. The van der Waals surface area contributed by atoms with Crippen molar-refractivity contribution in [2.24, 2.45) is 0 Å². The van der Waals surface area contributed by atoms with E-state index in [0.717, 1.165) is 23.5 Å². The van der Waals surface area contributed by atoms with E-state index in [1.165, 1.54) is 11.1 Å². The molecule has 0 radical (unpaired) electrons. The highest BCUT2D eigenvalue weighted by Gasteiger charge is 2.20. The Kier molecular flexibility index (Phi) is 3.60. The number of fused-ring (bicyclic) bond motifs is 1. The fraction of sp³-hybridized carbons (Fsp3) is 0.294. The quantitative estimate of drug-likeness (QED) is 0.935. The van der Waals surface area contributed by atoms with Gasteiger partial charge in [0.1, 0.15) is 17.3 Å². The van der Waals surface area contributed by atoms with Gasteiger partial charge in [-0.3, -0.25) is 4.79 Å². The van der Waals surface area contributed by atoms with E-state index in [1.807, 2.05) is 12.1 Å². The Bertz CT molecular complexity index is 695. The largest absolute Gasteiger partial charge is 0.457 e. The predicted molar refractivity (Wildman–Crippen MR) is 81.8 cm³/mol. The number of aromatic nitrogens is 1. The van der Waals surface area contributed by atoms with E-state index in [1.54, 1.807) is 6.20 Å². The smallest absolute Gasteiger partial charge is 0.225 e. The Balaban J connectivity index is 1.92. The minimum atomic E-state index is 0.00996. The van der Waals surface area contributed by atoms with Crippen molar-refractivity contribution in [3.05, 3.63) is 47.2 Å². The maximum Gasteiger partial charge on any atom is 0.225 e. The van der Waals surface area contributed by atoms with E-state index >= 15 is 0 Å².